The van der Waals surface area contributed by atoms with E-state index in [1.54, 1.807) is 0 Å². The van der Waals surface area contributed by atoms with E-state index in [2.05, 4.69) is 0 Å². The molecule has 1 saturated carbocycles. The molecular weight excluding hydrogens is 346 g/mol. The van der Waals surface area contributed by atoms with Gasteiger partial charge in [0.1, 0.15) is 17.7 Å². The molecule has 1 aromatic carbocycles. The molecule has 0 radical (unpaired) electrons. The van der Waals surface area contributed by atoms with Crippen LogP contribution < -0.4 is 11.5 Å². The van der Waals surface area contributed by atoms with Crippen molar-refractivity contribution in [2.24, 2.45) is 16.9 Å². The maximum atomic E-state index is 13.0. The minimum atomic E-state index is -1.21. The summed E-state index contributed by atoms with van der Waals surface area (Å²) in [5, 5.41) is 17.2. The Morgan fingerprint density at radius 1 is 1.15 bits per heavy atom. The summed E-state index contributed by atoms with van der Waals surface area (Å²) >= 11 is 0. The van der Waals surface area contributed by atoms with Gasteiger partial charge in [-0.1, -0.05) is 25.3 Å². The number of hydrogen-bond acceptors (Lipinski definition) is 4. The number of rotatable bonds is 6. The molecule has 0 saturated heterocycles. The summed E-state index contributed by atoms with van der Waals surface area (Å²) in [6.45, 7) is 0.527. The van der Waals surface area contributed by atoms with Crippen LogP contribution in [0.2, 0.25) is 0 Å². The van der Waals surface area contributed by atoms with E-state index in [0.717, 1.165) is 31.7 Å². The number of halogens is 2. The van der Waals surface area contributed by atoms with Crippen molar-refractivity contribution in [3.05, 3.63) is 35.4 Å². The van der Waals surface area contributed by atoms with Gasteiger partial charge in [-0.25, -0.2) is 8.78 Å². The first kappa shape index (κ1) is 22.0. The first-order valence-electron chi connectivity index (χ1n) is 8.53. The molecule has 0 amide bonds. The lowest BCUT2D eigenvalue weighted by Crippen LogP contribution is -2.34. The van der Waals surface area contributed by atoms with Crippen LogP contribution in [0.25, 0.3) is 0 Å². The van der Waals surface area contributed by atoms with E-state index >= 15 is 0 Å². The number of carboxylic acids is 2. The number of hydrogen-bond donors (Lipinski definition) is 4. The largest absolute Gasteiger partial charge is 0.481 e. The normalized spacial score (nSPS) is 16.9. The van der Waals surface area contributed by atoms with Gasteiger partial charge in [-0.2, -0.15) is 0 Å². The lowest BCUT2D eigenvalue weighted by atomic mass is 9.72. The highest BCUT2D eigenvalue weighted by atomic mass is 19.1. The Hall–Kier alpha value is -2.06. The van der Waals surface area contributed by atoms with Crippen LogP contribution in [0.1, 0.15) is 44.1 Å². The second-order valence-corrected chi connectivity index (χ2v) is 6.72. The summed E-state index contributed by atoms with van der Waals surface area (Å²) in [5.41, 5.74) is 10.8. The summed E-state index contributed by atoms with van der Waals surface area (Å²) in [7, 11) is 0. The van der Waals surface area contributed by atoms with Gasteiger partial charge in [-0.3, -0.25) is 9.59 Å². The monoisotopic (exact) mass is 372 g/mol. The van der Waals surface area contributed by atoms with E-state index in [9.17, 15) is 18.4 Å². The highest BCUT2D eigenvalue weighted by Crippen LogP contribution is 2.38. The molecule has 0 heterocycles. The van der Waals surface area contributed by atoms with Crippen LogP contribution in [-0.2, 0) is 16.0 Å². The van der Waals surface area contributed by atoms with Crippen LogP contribution in [0, 0.1) is 17.0 Å². The third-order valence-corrected chi connectivity index (χ3v) is 4.65. The SMILES string of the molecule is NCC1(CC(=O)O)CCCCC1.N[C@@H](Cc1ccc(F)cc1F)C(=O)O. The van der Waals surface area contributed by atoms with E-state index in [1.807, 2.05) is 0 Å². The first-order chi connectivity index (χ1) is 12.2. The molecule has 6 nitrogen and oxygen atoms in total. The third kappa shape index (κ3) is 7.05. The minimum Gasteiger partial charge on any atom is -0.481 e. The van der Waals surface area contributed by atoms with Gasteiger partial charge in [-0.15, -0.1) is 0 Å². The fraction of sp³-hybridized carbons (Fsp3) is 0.556. The third-order valence-electron chi connectivity index (χ3n) is 4.65. The molecular formula is C18H26F2N2O4. The molecule has 26 heavy (non-hydrogen) atoms. The standard InChI is InChI=1S/C9H9F2NO2.C9H17NO2/c10-6-2-1-5(7(11)4-6)3-8(12)9(13)14;10-7-9(6-8(11)12)4-2-1-3-5-9/h1-2,4,8H,3,12H2,(H,13,14);1-7,10H2,(H,11,12)/t8-;/m0./s1. The molecule has 1 atom stereocenters. The van der Waals surface area contributed by atoms with Gasteiger partial charge in [0, 0.05) is 12.5 Å². The van der Waals surface area contributed by atoms with Gasteiger partial charge >= 0.3 is 11.9 Å². The number of nitrogens with two attached hydrogens (primary N) is 2. The van der Waals surface area contributed by atoms with Crippen molar-refractivity contribution >= 4 is 11.9 Å². The van der Waals surface area contributed by atoms with Crippen LogP contribution in [0.5, 0.6) is 0 Å². The quantitative estimate of drug-likeness (QED) is 0.607. The highest BCUT2D eigenvalue weighted by Gasteiger charge is 2.32. The van der Waals surface area contributed by atoms with E-state index < -0.39 is 29.6 Å². The minimum absolute atomic E-state index is 0.0793. The Balaban J connectivity index is 0.000000263. The molecule has 0 bridgehead atoms. The van der Waals surface area contributed by atoms with Gasteiger partial charge in [0.25, 0.3) is 0 Å². The molecule has 8 heteroatoms. The zero-order valence-corrected chi connectivity index (χ0v) is 14.6. The first-order valence-corrected chi connectivity index (χ1v) is 8.53. The Bertz CT molecular complexity index is 619. The van der Waals surface area contributed by atoms with Gasteiger partial charge in [0.05, 0.1) is 6.42 Å². The van der Waals surface area contributed by atoms with Crippen molar-refractivity contribution in [3.63, 3.8) is 0 Å². The van der Waals surface area contributed by atoms with Crippen LogP contribution in [-0.4, -0.2) is 34.7 Å². The maximum absolute atomic E-state index is 13.0. The van der Waals surface area contributed by atoms with Crippen LogP contribution in [0.15, 0.2) is 18.2 Å². The molecule has 146 valence electrons. The summed E-state index contributed by atoms with van der Waals surface area (Å²) in [4.78, 5) is 20.9. The smallest absolute Gasteiger partial charge is 0.320 e. The fourth-order valence-corrected chi connectivity index (χ4v) is 3.09. The van der Waals surface area contributed by atoms with Gasteiger partial charge < -0.3 is 21.7 Å². The maximum Gasteiger partial charge on any atom is 0.320 e. The number of carbonyl (C=O) groups is 2. The summed E-state index contributed by atoms with van der Waals surface area (Å²) in [5.74, 6) is -3.40. The molecule has 0 aromatic heterocycles. The lowest BCUT2D eigenvalue weighted by molar-refractivity contribution is -0.140. The molecule has 2 rings (SSSR count). The lowest BCUT2D eigenvalue weighted by Gasteiger charge is -2.34. The zero-order chi connectivity index (χ0) is 19.7. The zero-order valence-electron chi connectivity index (χ0n) is 14.6. The van der Waals surface area contributed by atoms with Gasteiger partial charge in [-0.05, 0) is 36.4 Å². The fourth-order valence-electron chi connectivity index (χ4n) is 3.09. The molecule has 1 aromatic rings. The molecule has 1 aliphatic rings. The van der Waals surface area contributed by atoms with Crippen LogP contribution >= 0.6 is 0 Å². The molecule has 0 spiro atoms. The van der Waals surface area contributed by atoms with Crippen molar-refractivity contribution in [2.75, 3.05) is 6.54 Å². The van der Waals surface area contributed by atoms with E-state index in [4.69, 9.17) is 21.7 Å². The van der Waals surface area contributed by atoms with Crippen molar-refractivity contribution in [1.29, 1.82) is 0 Å². The Morgan fingerprint density at radius 2 is 1.77 bits per heavy atom. The van der Waals surface area contributed by atoms with Crippen molar-refractivity contribution < 1.29 is 28.6 Å². The van der Waals surface area contributed by atoms with Crippen molar-refractivity contribution in [1.82, 2.24) is 0 Å². The van der Waals surface area contributed by atoms with Gasteiger partial charge in [0.15, 0.2) is 0 Å². The number of benzene rings is 1. The topological polar surface area (TPSA) is 127 Å². The second-order valence-electron chi connectivity index (χ2n) is 6.72. The highest BCUT2D eigenvalue weighted by molar-refractivity contribution is 5.73. The average Bonchev–Trinajstić information content (AvgIpc) is 2.58. The number of carboxylic acid groups (broad SMARTS) is 2. The summed E-state index contributed by atoms with van der Waals surface area (Å²) < 4.78 is 25.4. The molecule has 0 unspecified atom stereocenters. The molecule has 1 aliphatic carbocycles. The summed E-state index contributed by atoms with van der Waals surface area (Å²) in [6, 6.07) is 1.78. The van der Waals surface area contributed by atoms with E-state index in [-0.39, 0.29) is 23.8 Å². The molecule has 1 fully saturated rings. The van der Waals surface area contributed by atoms with Crippen LogP contribution in [0.3, 0.4) is 0 Å². The predicted octanol–water partition coefficient (Wildman–Crippen LogP) is 2.29. The summed E-state index contributed by atoms with van der Waals surface area (Å²) in [6.07, 6.45) is 5.62. The van der Waals surface area contributed by atoms with Crippen LogP contribution in [0.4, 0.5) is 8.78 Å². The van der Waals surface area contributed by atoms with Crippen molar-refractivity contribution in [2.45, 2.75) is 51.0 Å². The molecule has 6 N–H and O–H groups in total. The van der Waals surface area contributed by atoms with Crippen molar-refractivity contribution in [3.8, 4) is 0 Å². The Morgan fingerprint density at radius 3 is 2.23 bits per heavy atom. The number of aliphatic carboxylic acids is 2. The molecule has 0 aliphatic heterocycles. The predicted molar refractivity (Wildman–Crippen MR) is 92.5 cm³/mol. The van der Waals surface area contributed by atoms with E-state index in [1.165, 1.54) is 12.5 Å². The van der Waals surface area contributed by atoms with Gasteiger partial charge in [0.2, 0.25) is 0 Å². The Labute approximate surface area is 151 Å². The second kappa shape index (κ2) is 10.2. The Kier molecular flexibility index (Phi) is 8.60. The van der Waals surface area contributed by atoms with E-state index in [0.29, 0.717) is 12.6 Å². The average molecular weight is 372 g/mol.